The summed E-state index contributed by atoms with van der Waals surface area (Å²) in [5.41, 5.74) is 0. The number of piperazine rings is 1. The number of rotatable bonds is 0. The van der Waals surface area contributed by atoms with E-state index < -0.39 is 85.7 Å². The maximum Gasteiger partial charge on any atom is 2.00 e. The molecule has 0 atom stereocenters. The molecule has 47 heteroatoms. The topological polar surface area (TPSA) is 581 Å². The van der Waals surface area contributed by atoms with Crippen molar-refractivity contribution >= 4 is 85.7 Å². The predicted octanol–water partition coefficient (Wildman–Crippen LogP) is -20.0. The molecule has 0 spiro atoms. The van der Waals surface area contributed by atoms with E-state index >= 15 is 0 Å². The van der Waals surface area contributed by atoms with E-state index in [0.717, 1.165) is 8.24 Å². The molecule has 0 aromatic heterocycles. The summed E-state index contributed by atoms with van der Waals surface area (Å²) >= 11 is 0. The molecule has 299 valence electrons. The predicted molar refractivity (Wildman–Crippen MR) is 156 cm³/mol. The number of hydrogen-bond acceptors (Lipinski definition) is 24. The van der Waals surface area contributed by atoms with Gasteiger partial charge in [0.2, 0.25) is 0 Å². The molecule has 34 nitrogen and oxygen atoms in total. The third-order valence-corrected chi connectivity index (χ3v) is 6.67. The van der Waals surface area contributed by atoms with E-state index in [1.807, 2.05) is 0 Å². The fourth-order valence-corrected chi connectivity index (χ4v) is 4.98. The van der Waals surface area contributed by atoms with Crippen molar-refractivity contribution in [3.63, 3.8) is 0 Å². The molecule has 7 fully saturated rings. The Labute approximate surface area is 295 Å². The van der Waals surface area contributed by atoms with Crippen molar-refractivity contribution in [1.29, 1.82) is 0 Å². The van der Waals surface area contributed by atoms with Crippen molar-refractivity contribution < 1.29 is 184 Å². The molecule has 0 bridgehead atoms. The summed E-state index contributed by atoms with van der Waals surface area (Å²) in [5, 5.41) is 120. The Hall–Kier alpha value is -0.0743. The molecule has 0 aromatic carbocycles. The van der Waals surface area contributed by atoms with Gasteiger partial charge in [0.1, 0.15) is 26.2 Å². The Balaban J connectivity index is -0.000000694. The standard InChI is InChI=1S/C4H10N2.2B6H6O13.Co.6H2O/c1-2-6-4-3-5-1;2*7-1-13-4(10)15-2(8)17-6(12)18-3(9)16-5(11,14-1)19(4)6;;;;;;;/h5-6H,1-4H2;2*7-12H;;6*1H2/q;2*-2;+2;;;;;;/p+2. The molecule has 0 saturated carbocycles. The van der Waals surface area contributed by atoms with Crippen LogP contribution in [0.4, 0.5) is 0 Å². The normalized spacial score (nSPS) is 38.1. The van der Waals surface area contributed by atoms with Crippen molar-refractivity contribution in [2.75, 3.05) is 26.2 Å². The molecular formula is C4H36B12CoN2O32. The fourth-order valence-electron chi connectivity index (χ4n) is 4.98. The molecule has 51 heavy (non-hydrogen) atoms. The summed E-state index contributed by atoms with van der Waals surface area (Å²) in [6, 6.07) is 0. The van der Waals surface area contributed by atoms with Gasteiger partial charge in [-0.05, 0) is 0 Å². The van der Waals surface area contributed by atoms with E-state index in [4.69, 9.17) is 0 Å². The van der Waals surface area contributed by atoms with Crippen LogP contribution < -0.4 is 10.6 Å². The van der Waals surface area contributed by atoms with Gasteiger partial charge in [-0.2, -0.15) is 0 Å². The van der Waals surface area contributed by atoms with Gasteiger partial charge in [0.25, 0.3) is 0 Å². The molecule has 7 aliphatic heterocycles. The third kappa shape index (κ3) is 11.0. The molecule has 0 aromatic rings. The van der Waals surface area contributed by atoms with Crippen molar-refractivity contribution in [2.45, 2.75) is 0 Å². The molecule has 7 heterocycles. The van der Waals surface area contributed by atoms with Crippen LogP contribution in [0, 0.1) is 0 Å². The second-order valence-corrected chi connectivity index (χ2v) is 9.65. The van der Waals surface area contributed by atoms with Crippen LogP contribution in [-0.4, -0.2) is 205 Å². The molecule has 0 amide bonds. The SMILES string of the molecule is C1C[NH2+]CC[NH2+]1.O.O.O.O.O.O.OB1O[B-]2(O)OB(O)O[B-]3(O)OB(O)O[B-](O)(O1)[O+]23.OB1O[B-]2(O)OB(O)O[B-]3(O)OB(O)O[B-](O)(O1)[O+]23.[Co+2]. The average Bonchev–Trinajstić information content (AvgIpc) is 2.79. The first kappa shape index (κ1) is 55.3. The number of hydrogen-bond donors (Lipinski definition) is 14. The Morgan fingerprint density at radius 1 is 0.333 bits per heavy atom. The van der Waals surface area contributed by atoms with Crippen LogP contribution in [0.1, 0.15) is 0 Å². The Bertz CT molecular complexity index is 807. The van der Waals surface area contributed by atoms with Crippen LogP contribution in [0.25, 0.3) is 0 Å². The van der Waals surface area contributed by atoms with Crippen LogP contribution in [0.5, 0.6) is 0 Å². The van der Waals surface area contributed by atoms with Crippen LogP contribution in [0.3, 0.4) is 0 Å². The first-order valence-electron chi connectivity index (χ1n) is 12.8. The van der Waals surface area contributed by atoms with Crippen LogP contribution in [0.15, 0.2) is 0 Å². The second-order valence-electron chi connectivity index (χ2n) is 9.65. The van der Waals surface area contributed by atoms with Gasteiger partial charge in [0.15, 0.2) is 0 Å². The summed E-state index contributed by atoms with van der Waals surface area (Å²) in [7, 11) is -13.5. The Morgan fingerprint density at radius 2 is 0.451 bits per heavy atom. The number of quaternary nitrogens is 2. The minimum absolute atomic E-state index is 0. The maximum absolute atomic E-state index is 9.95. The summed E-state index contributed by atoms with van der Waals surface area (Å²) in [6.45, 7) is -18.3. The minimum atomic E-state index is -3.93. The van der Waals surface area contributed by atoms with E-state index in [1.165, 1.54) is 26.2 Å². The van der Waals surface area contributed by atoms with Crippen molar-refractivity contribution in [3.8, 4) is 0 Å². The molecule has 7 saturated heterocycles. The van der Waals surface area contributed by atoms with Gasteiger partial charge in [-0.15, -0.1) is 0 Å². The Kier molecular flexibility index (Phi) is 21.3. The molecule has 7 aliphatic rings. The van der Waals surface area contributed by atoms with E-state index in [-0.39, 0.29) is 49.6 Å². The summed E-state index contributed by atoms with van der Waals surface area (Å²) < 4.78 is 54.9. The first-order chi connectivity index (χ1) is 20.3. The monoisotopic (exact) mass is 815 g/mol. The van der Waals surface area contributed by atoms with Crippen LogP contribution in [0.2, 0.25) is 0 Å². The largest absolute Gasteiger partial charge is 2.00 e. The molecular weight excluding hydrogens is 777 g/mol. The molecule has 28 N–H and O–H groups in total. The third-order valence-electron chi connectivity index (χ3n) is 6.67. The van der Waals surface area contributed by atoms with Gasteiger partial charge >= 0.3 is 102 Å². The average molecular weight is 813 g/mol. The quantitative estimate of drug-likeness (QED) is 0.0797. The van der Waals surface area contributed by atoms with Crippen LogP contribution in [-0.2, 0) is 79.9 Å². The van der Waals surface area contributed by atoms with Crippen molar-refractivity contribution in [2.24, 2.45) is 0 Å². The molecule has 0 aliphatic carbocycles. The Morgan fingerprint density at radius 3 is 0.549 bits per heavy atom. The van der Waals surface area contributed by atoms with E-state index in [2.05, 4.69) is 65.5 Å². The minimum Gasteiger partial charge on any atom is -0.981 e. The van der Waals surface area contributed by atoms with E-state index in [1.54, 1.807) is 0 Å². The summed E-state index contributed by atoms with van der Waals surface area (Å²) in [6.07, 6.45) is 0. The van der Waals surface area contributed by atoms with E-state index in [0.29, 0.717) is 0 Å². The zero-order valence-electron chi connectivity index (χ0n) is 25.3. The van der Waals surface area contributed by atoms with Crippen LogP contribution >= 0.6 is 0 Å². The van der Waals surface area contributed by atoms with Gasteiger partial charge in [-0.1, -0.05) is 0 Å². The van der Waals surface area contributed by atoms with Crippen molar-refractivity contribution in [1.82, 2.24) is 0 Å². The van der Waals surface area contributed by atoms with Gasteiger partial charge in [-0.3, -0.25) is 0 Å². The summed E-state index contributed by atoms with van der Waals surface area (Å²) in [5.74, 6) is 0. The zero-order valence-corrected chi connectivity index (χ0v) is 26.4. The van der Waals surface area contributed by atoms with Gasteiger partial charge in [0, 0.05) is 0 Å². The van der Waals surface area contributed by atoms with Gasteiger partial charge in [-0.25, -0.2) is 0 Å². The van der Waals surface area contributed by atoms with Gasteiger partial charge < -0.3 is 167 Å². The van der Waals surface area contributed by atoms with Crippen molar-refractivity contribution in [3.05, 3.63) is 0 Å². The zero-order chi connectivity index (χ0) is 32.3. The molecule has 7 rings (SSSR count). The van der Waals surface area contributed by atoms with E-state index in [9.17, 15) is 60.3 Å². The second kappa shape index (κ2) is 19.7. The first-order valence-corrected chi connectivity index (χ1v) is 12.8. The maximum atomic E-state index is 9.95. The smallest absolute Gasteiger partial charge is 0.981 e. The fraction of sp³-hybridized carbons (Fsp3) is 1.00. The molecule has 1 radical (unpaired) electrons. The van der Waals surface area contributed by atoms with Gasteiger partial charge in [0.05, 0.1) is 0 Å². The summed E-state index contributed by atoms with van der Waals surface area (Å²) in [4.78, 5) is 0. The molecule has 0 unspecified atom stereocenters. The number of nitrogens with two attached hydrogens (primary N) is 2.